The second kappa shape index (κ2) is 5.52. The normalized spacial score (nSPS) is 28.2. The maximum absolute atomic E-state index is 5.60. The Balaban J connectivity index is 1.70. The van der Waals surface area contributed by atoms with Crippen molar-refractivity contribution in [3.8, 4) is 0 Å². The first-order valence-corrected chi connectivity index (χ1v) is 6.36. The van der Waals surface area contributed by atoms with Crippen molar-refractivity contribution in [1.29, 1.82) is 0 Å². The van der Waals surface area contributed by atoms with Gasteiger partial charge in [0.05, 0.1) is 6.10 Å². The number of ether oxygens (including phenoxy) is 1. The predicted octanol–water partition coefficient (Wildman–Crippen LogP) is 2.26. The molecule has 0 aromatic heterocycles. The number of benzene rings is 1. The van der Waals surface area contributed by atoms with Gasteiger partial charge in [-0.15, -0.1) is 0 Å². The second-order valence-corrected chi connectivity index (χ2v) is 4.90. The van der Waals surface area contributed by atoms with Gasteiger partial charge in [-0.1, -0.05) is 18.2 Å². The van der Waals surface area contributed by atoms with Gasteiger partial charge in [0, 0.05) is 30.9 Å². The van der Waals surface area contributed by atoms with E-state index in [1.165, 1.54) is 5.69 Å². The van der Waals surface area contributed by atoms with Crippen LogP contribution >= 0.6 is 0 Å². The van der Waals surface area contributed by atoms with Crippen molar-refractivity contribution in [2.45, 2.75) is 31.9 Å². The van der Waals surface area contributed by atoms with Gasteiger partial charge in [0.1, 0.15) is 0 Å². The van der Waals surface area contributed by atoms with Crippen LogP contribution in [0.5, 0.6) is 0 Å². The van der Waals surface area contributed by atoms with Gasteiger partial charge in [-0.3, -0.25) is 0 Å². The highest BCUT2D eigenvalue weighted by Crippen LogP contribution is 2.24. The monoisotopic (exact) mass is 234 g/mol. The van der Waals surface area contributed by atoms with Gasteiger partial charge in [-0.05, 0) is 32.4 Å². The lowest BCUT2D eigenvalue weighted by Crippen LogP contribution is -2.49. The molecule has 2 rings (SSSR count). The highest BCUT2D eigenvalue weighted by atomic mass is 16.5. The molecule has 1 aliphatic heterocycles. The van der Waals surface area contributed by atoms with E-state index in [-0.39, 0.29) is 5.54 Å². The molecule has 1 aliphatic rings. The van der Waals surface area contributed by atoms with Crippen LogP contribution in [0.1, 0.15) is 20.3 Å². The summed E-state index contributed by atoms with van der Waals surface area (Å²) >= 11 is 0. The number of anilines is 1. The zero-order chi connectivity index (χ0) is 12.1. The van der Waals surface area contributed by atoms with E-state index in [1.54, 1.807) is 0 Å². The maximum atomic E-state index is 5.60. The van der Waals surface area contributed by atoms with E-state index in [2.05, 4.69) is 36.6 Å². The largest absolute Gasteiger partial charge is 0.384 e. The van der Waals surface area contributed by atoms with Crippen LogP contribution in [0.4, 0.5) is 5.69 Å². The molecule has 1 heterocycles. The number of hydrogen-bond acceptors (Lipinski definition) is 3. The Morgan fingerprint density at radius 3 is 2.71 bits per heavy atom. The van der Waals surface area contributed by atoms with Crippen LogP contribution in [0.3, 0.4) is 0 Å². The fourth-order valence-electron chi connectivity index (χ4n) is 2.18. The van der Waals surface area contributed by atoms with Gasteiger partial charge in [0.25, 0.3) is 0 Å². The van der Waals surface area contributed by atoms with E-state index in [9.17, 15) is 0 Å². The van der Waals surface area contributed by atoms with Crippen LogP contribution < -0.4 is 10.6 Å². The van der Waals surface area contributed by atoms with Gasteiger partial charge in [0.15, 0.2) is 0 Å². The van der Waals surface area contributed by atoms with E-state index in [1.807, 2.05) is 18.2 Å². The molecule has 0 bridgehead atoms. The number of rotatable bonds is 5. The minimum atomic E-state index is 0.137. The average molecular weight is 234 g/mol. The molecule has 0 aliphatic carbocycles. The first-order valence-electron chi connectivity index (χ1n) is 6.36. The fourth-order valence-corrected chi connectivity index (χ4v) is 2.18. The maximum Gasteiger partial charge on any atom is 0.0726 e. The second-order valence-electron chi connectivity index (χ2n) is 4.90. The highest BCUT2D eigenvalue weighted by molar-refractivity contribution is 5.42. The highest BCUT2D eigenvalue weighted by Gasteiger charge is 2.35. The molecule has 0 radical (unpaired) electrons. The minimum Gasteiger partial charge on any atom is -0.384 e. The average Bonchev–Trinajstić information content (AvgIpc) is 2.67. The first kappa shape index (κ1) is 12.4. The quantitative estimate of drug-likeness (QED) is 0.767. The summed E-state index contributed by atoms with van der Waals surface area (Å²) in [5.74, 6) is 0. The smallest absolute Gasteiger partial charge is 0.0726 e. The van der Waals surface area contributed by atoms with Crippen LogP contribution in [0.15, 0.2) is 30.3 Å². The molecular formula is C14H22N2O. The first-order chi connectivity index (χ1) is 8.21. The van der Waals surface area contributed by atoms with Gasteiger partial charge in [0.2, 0.25) is 0 Å². The molecule has 94 valence electrons. The summed E-state index contributed by atoms with van der Waals surface area (Å²) in [5.41, 5.74) is 1.31. The molecule has 2 atom stereocenters. The topological polar surface area (TPSA) is 33.3 Å². The minimum absolute atomic E-state index is 0.137. The summed E-state index contributed by atoms with van der Waals surface area (Å²) in [4.78, 5) is 0. The zero-order valence-electron chi connectivity index (χ0n) is 10.7. The van der Waals surface area contributed by atoms with E-state index in [0.29, 0.717) is 6.10 Å². The molecule has 0 saturated carbocycles. The van der Waals surface area contributed by atoms with Crippen LogP contribution in [-0.4, -0.2) is 31.3 Å². The summed E-state index contributed by atoms with van der Waals surface area (Å²) in [6, 6.07) is 10.3. The van der Waals surface area contributed by atoms with Crippen molar-refractivity contribution >= 4 is 5.69 Å². The van der Waals surface area contributed by atoms with E-state index < -0.39 is 0 Å². The molecule has 3 nitrogen and oxygen atoms in total. The third-order valence-corrected chi connectivity index (χ3v) is 3.64. The molecule has 17 heavy (non-hydrogen) atoms. The molecular weight excluding hydrogens is 212 g/mol. The number of para-hydroxylation sites is 1. The van der Waals surface area contributed by atoms with Gasteiger partial charge in [-0.25, -0.2) is 0 Å². The molecule has 3 heteroatoms. The lowest BCUT2D eigenvalue weighted by molar-refractivity contribution is 0.0893. The van der Waals surface area contributed by atoms with Crippen molar-refractivity contribution in [2.24, 2.45) is 0 Å². The van der Waals surface area contributed by atoms with Crippen molar-refractivity contribution in [2.75, 3.05) is 25.0 Å². The number of nitrogens with one attached hydrogen (secondary N) is 2. The Hall–Kier alpha value is -1.06. The van der Waals surface area contributed by atoms with Crippen LogP contribution in [0.25, 0.3) is 0 Å². The third kappa shape index (κ3) is 3.20. The molecule has 2 N–H and O–H groups in total. The van der Waals surface area contributed by atoms with E-state index >= 15 is 0 Å². The predicted molar refractivity (Wildman–Crippen MR) is 71.4 cm³/mol. The Kier molecular flexibility index (Phi) is 4.02. The molecule has 2 unspecified atom stereocenters. The SMILES string of the molecule is CC1OCCC1(C)NCCNc1ccccc1. The van der Waals surface area contributed by atoms with Crippen molar-refractivity contribution in [1.82, 2.24) is 5.32 Å². The Morgan fingerprint density at radius 1 is 1.29 bits per heavy atom. The molecule has 1 saturated heterocycles. The standard InChI is InChI=1S/C14H22N2O/c1-12-14(2,8-11-17-12)16-10-9-15-13-6-4-3-5-7-13/h3-7,12,15-16H,8-11H2,1-2H3. The Bertz CT molecular complexity index is 341. The van der Waals surface area contributed by atoms with Crippen molar-refractivity contribution in [3.63, 3.8) is 0 Å². The van der Waals surface area contributed by atoms with Crippen LogP contribution in [-0.2, 0) is 4.74 Å². The molecule has 1 aromatic rings. The molecule has 1 fully saturated rings. The summed E-state index contributed by atoms with van der Waals surface area (Å²) in [7, 11) is 0. The van der Waals surface area contributed by atoms with Crippen LogP contribution in [0.2, 0.25) is 0 Å². The van der Waals surface area contributed by atoms with Crippen LogP contribution in [0, 0.1) is 0 Å². The van der Waals surface area contributed by atoms with Crippen molar-refractivity contribution in [3.05, 3.63) is 30.3 Å². The molecule has 1 aromatic carbocycles. The Morgan fingerprint density at radius 2 is 2.06 bits per heavy atom. The molecule has 0 amide bonds. The summed E-state index contributed by atoms with van der Waals surface area (Å²) in [6.07, 6.45) is 1.40. The summed E-state index contributed by atoms with van der Waals surface area (Å²) < 4.78 is 5.60. The van der Waals surface area contributed by atoms with E-state index in [4.69, 9.17) is 4.74 Å². The summed E-state index contributed by atoms with van der Waals surface area (Å²) in [6.45, 7) is 7.15. The van der Waals surface area contributed by atoms with Gasteiger partial charge in [-0.2, -0.15) is 0 Å². The fraction of sp³-hybridized carbons (Fsp3) is 0.571. The third-order valence-electron chi connectivity index (χ3n) is 3.64. The van der Waals surface area contributed by atoms with E-state index in [0.717, 1.165) is 26.1 Å². The molecule has 0 spiro atoms. The number of hydrogen-bond donors (Lipinski definition) is 2. The zero-order valence-corrected chi connectivity index (χ0v) is 10.7. The van der Waals surface area contributed by atoms with Crippen molar-refractivity contribution < 1.29 is 4.74 Å². The van der Waals surface area contributed by atoms with Gasteiger partial charge < -0.3 is 15.4 Å². The Labute approximate surface area is 104 Å². The lowest BCUT2D eigenvalue weighted by Gasteiger charge is -2.29. The summed E-state index contributed by atoms with van der Waals surface area (Å²) in [5, 5.41) is 6.99. The lowest BCUT2D eigenvalue weighted by atomic mass is 9.95. The van der Waals surface area contributed by atoms with Gasteiger partial charge >= 0.3 is 0 Å².